The van der Waals surface area contributed by atoms with E-state index in [1.54, 1.807) is 6.92 Å². The predicted octanol–water partition coefficient (Wildman–Crippen LogP) is 2.29. The van der Waals surface area contributed by atoms with Gasteiger partial charge in [0.05, 0.1) is 22.9 Å². The van der Waals surface area contributed by atoms with Crippen LogP contribution in [0, 0.1) is 0 Å². The second kappa shape index (κ2) is 6.13. The smallest absolute Gasteiger partial charge is 0.395 e. The standard InChI is InChI=1S/C13H13ClF3N3O2/c1-2-9-10(12(22)18-3-4-21)20-6-7(13(15,16)17)5-8(14)11(20)19-9/h5-6,21H,2-4H2,1H3,(H,18,22). The molecule has 22 heavy (non-hydrogen) atoms. The maximum Gasteiger partial charge on any atom is 0.417 e. The molecular formula is C13H13ClF3N3O2. The molecule has 0 fully saturated rings. The van der Waals surface area contributed by atoms with E-state index in [9.17, 15) is 18.0 Å². The Morgan fingerprint density at radius 1 is 1.50 bits per heavy atom. The van der Waals surface area contributed by atoms with Crippen LogP contribution in [0.5, 0.6) is 0 Å². The molecular weight excluding hydrogens is 323 g/mol. The van der Waals surface area contributed by atoms with Crippen LogP contribution >= 0.6 is 11.6 Å². The first-order chi connectivity index (χ1) is 10.3. The highest BCUT2D eigenvalue weighted by Gasteiger charge is 2.33. The number of carbonyl (C=O) groups excluding carboxylic acids is 1. The molecule has 0 unspecified atom stereocenters. The minimum atomic E-state index is -4.59. The van der Waals surface area contributed by atoms with Gasteiger partial charge in [-0.3, -0.25) is 9.20 Å². The lowest BCUT2D eigenvalue weighted by molar-refractivity contribution is -0.137. The largest absolute Gasteiger partial charge is 0.417 e. The lowest BCUT2D eigenvalue weighted by Gasteiger charge is -2.10. The minimum Gasteiger partial charge on any atom is -0.395 e. The molecule has 0 aliphatic heterocycles. The fraction of sp³-hybridized carbons (Fsp3) is 0.385. The zero-order valence-electron chi connectivity index (χ0n) is 11.5. The van der Waals surface area contributed by atoms with Gasteiger partial charge in [0.1, 0.15) is 5.69 Å². The molecule has 1 amide bonds. The summed E-state index contributed by atoms with van der Waals surface area (Å²) in [5.74, 6) is -0.617. The number of imidazole rings is 1. The first kappa shape index (κ1) is 16.6. The van der Waals surface area contributed by atoms with Crippen molar-refractivity contribution in [2.75, 3.05) is 13.2 Å². The van der Waals surface area contributed by atoms with Crippen molar-refractivity contribution < 1.29 is 23.1 Å². The van der Waals surface area contributed by atoms with Crippen molar-refractivity contribution in [1.82, 2.24) is 14.7 Å². The van der Waals surface area contributed by atoms with E-state index < -0.39 is 17.6 Å². The molecule has 0 saturated carbocycles. The summed E-state index contributed by atoms with van der Waals surface area (Å²) in [7, 11) is 0. The summed E-state index contributed by atoms with van der Waals surface area (Å²) in [6.07, 6.45) is -3.45. The van der Waals surface area contributed by atoms with Crippen molar-refractivity contribution in [3.63, 3.8) is 0 Å². The number of amides is 1. The molecule has 0 aromatic carbocycles. The predicted molar refractivity (Wildman–Crippen MR) is 74.0 cm³/mol. The Bertz CT molecular complexity index is 713. The summed E-state index contributed by atoms with van der Waals surface area (Å²) in [5.41, 5.74) is -0.572. The molecule has 0 spiro atoms. The number of aromatic nitrogens is 2. The lowest BCUT2D eigenvalue weighted by atomic mass is 10.2. The number of halogens is 4. The van der Waals surface area contributed by atoms with E-state index in [1.807, 2.05) is 0 Å². The number of aryl methyl sites for hydroxylation is 1. The molecule has 2 aromatic heterocycles. The highest BCUT2D eigenvalue weighted by atomic mass is 35.5. The summed E-state index contributed by atoms with van der Waals surface area (Å²) in [4.78, 5) is 16.2. The zero-order valence-corrected chi connectivity index (χ0v) is 12.3. The monoisotopic (exact) mass is 335 g/mol. The maximum absolute atomic E-state index is 12.9. The molecule has 0 atom stereocenters. The second-order valence-corrected chi connectivity index (χ2v) is 4.92. The third-order valence-corrected chi connectivity index (χ3v) is 3.30. The Morgan fingerprint density at radius 3 is 2.73 bits per heavy atom. The Hall–Kier alpha value is -1.80. The second-order valence-electron chi connectivity index (χ2n) is 4.51. The highest BCUT2D eigenvalue weighted by molar-refractivity contribution is 6.33. The van der Waals surface area contributed by atoms with Crippen molar-refractivity contribution >= 4 is 23.2 Å². The molecule has 2 aromatic rings. The number of alkyl halides is 3. The van der Waals surface area contributed by atoms with Gasteiger partial charge in [0.25, 0.3) is 5.91 Å². The van der Waals surface area contributed by atoms with Gasteiger partial charge in [-0.25, -0.2) is 4.98 Å². The van der Waals surface area contributed by atoms with Crippen LogP contribution in [0.15, 0.2) is 12.3 Å². The average molecular weight is 336 g/mol. The average Bonchev–Trinajstić information content (AvgIpc) is 2.83. The van der Waals surface area contributed by atoms with Crippen LogP contribution in [0.3, 0.4) is 0 Å². The van der Waals surface area contributed by atoms with E-state index in [-0.39, 0.29) is 29.5 Å². The number of pyridine rings is 1. The quantitative estimate of drug-likeness (QED) is 0.901. The third-order valence-electron chi connectivity index (χ3n) is 3.02. The van der Waals surface area contributed by atoms with Crippen LogP contribution in [-0.4, -0.2) is 33.6 Å². The molecule has 2 N–H and O–H groups in total. The van der Waals surface area contributed by atoms with Crippen LogP contribution in [0.2, 0.25) is 5.02 Å². The Labute approximate surface area is 128 Å². The summed E-state index contributed by atoms with van der Waals surface area (Å²) in [6.45, 7) is 1.43. The Kier molecular flexibility index (Phi) is 4.62. The van der Waals surface area contributed by atoms with Crippen LogP contribution in [-0.2, 0) is 12.6 Å². The van der Waals surface area contributed by atoms with Gasteiger partial charge in [-0.2, -0.15) is 13.2 Å². The Balaban J connectivity index is 2.67. The molecule has 120 valence electrons. The van der Waals surface area contributed by atoms with Gasteiger partial charge in [-0.1, -0.05) is 18.5 Å². The zero-order chi connectivity index (χ0) is 16.5. The van der Waals surface area contributed by atoms with E-state index in [0.29, 0.717) is 12.1 Å². The molecule has 9 heteroatoms. The number of nitrogens with one attached hydrogen (secondary N) is 1. The number of nitrogens with zero attached hydrogens (tertiary/aromatic N) is 2. The highest BCUT2D eigenvalue weighted by Crippen LogP contribution is 2.33. The van der Waals surface area contributed by atoms with Crippen molar-refractivity contribution in [1.29, 1.82) is 0 Å². The minimum absolute atomic E-state index is 0.0120. The van der Waals surface area contributed by atoms with Gasteiger partial charge < -0.3 is 10.4 Å². The summed E-state index contributed by atoms with van der Waals surface area (Å²) < 4.78 is 39.7. The number of rotatable bonds is 4. The fourth-order valence-electron chi connectivity index (χ4n) is 2.05. The molecule has 0 saturated heterocycles. The van der Waals surface area contributed by atoms with Crippen molar-refractivity contribution in [3.8, 4) is 0 Å². The van der Waals surface area contributed by atoms with Gasteiger partial charge in [-0.15, -0.1) is 0 Å². The molecule has 0 aliphatic carbocycles. The van der Waals surface area contributed by atoms with E-state index in [2.05, 4.69) is 10.3 Å². The first-order valence-electron chi connectivity index (χ1n) is 6.46. The number of hydrogen-bond acceptors (Lipinski definition) is 3. The number of carbonyl (C=O) groups is 1. The van der Waals surface area contributed by atoms with Gasteiger partial charge >= 0.3 is 6.18 Å². The van der Waals surface area contributed by atoms with Crippen LogP contribution in [0.1, 0.15) is 28.7 Å². The fourth-order valence-corrected chi connectivity index (χ4v) is 2.30. The molecule has 0 aliphatic rings. The third kappa shape index (κ3) is 3.02. The lowest BCUT2D eigenvalue weighted by Crippen LogP contribution is -2.28. The van der Waals surface area contributed by atoms with Crippen LogP contribution in [0.4, 0.5) is 13.2 Å². The topological polar surface area (TPSA) is 66.6 Å². The molecule has 0 bridgehead atoms. The first-order valence-corrected chi connectivity index (χ1v) is 6.84. The number of aliphatic hydroxyl groups is 1. The van der Waals surface area contributed by atoms with Gasteiger partial charge in [0.15, 0.2) is 5.65 Å². The number of aliphatic hydroxyl groups excluding tert-OH is 1. The number of hydrogen-bond donors (Lipinski definition) is 2. The Morgan fingerprint density at radius 2 is 2.18 bits per heavy atom. The molecule has 0 radical (unpaired) electrons. The van der Waals surface area contributed by atoms with Gasteiger partial charge in [0, 0.05) is 12.7 Å². The van der Waals surface area contributed by atoms with Crippen molar-refractivity contribution in [2.24, 2.45) is 0 Å². The summed E-state index contributed by atoms with van der Waals surface area (Å²) in [6, 6.07) is 0.777. The van der Waals surface area contributed by atoms with E-state index in [4.69, 9.17) is 16.7 Å². The molecule has 2 heterocycles. The summed E-state index contributed by atoms with van der Waals surface area (Å²) in [5, 5.41) is 11.0. The normalized spacial score (nSPS) is 11.9. The summed E-state index contributed by atoms with van der Waals surface area (Å²) >= 11 is 5.86. The maximum atomic E-state index is 12.9. The van der Waals surface area contributed by atoms with Crippen molar-refractivity contribution in [2.45, 2.75) is 19.5 Å². The molecule has 5 nitrogen and oxygen atoms in total. The van der Waals surface area contributed by atoms with Crippen molar-refractivity contribution in [3.05, 3.63) is 34.2 Å². The van der Waals surface area contributed by atoms with E-state index in [0.717, 1.165) is 16.7 Å². The molecule has 2 rings (SSSR count). The van der Waals surface area contributed by atoms with Gasteiger partial charge in [-0.05, 0) is 12.5 Å². The number of fused-ring (bicyclic) bond motifs is 1. The SMILES string of the molecule is CCc1nc2c(Cl)cc(C(F)(F)F)cn2c1C(=O)NCCO. The van der Waals surface area contributed by atoms with Crippen LogP contribution < -0.4 is 5.32 Å². The van der Waals surface area contributed by atoms with E-state index >= 15 is 0 Å². The van der Waals surface area contributed by atoms with E-state index in [1.165, 1.54) is 0 Å². The van der Waals surface area contributed by atoms with Gasteiger partial charge in [0.2, 0.25) is 0 Å². The van der Waals surface area contributed by atoms with Crippen LogP contribution in [0.25, 0.3) is 5.65 Å².